The first kappa shape index (κ1) is 16.5. The summed E-state index contributed by atoms with van der Waals surface area (Å²) in [6.45, 7) is 0.507. The highest BCUT2D eigenvalue weighted by Gasteiger charge is 2.25. The van der Waals surface area contributed by atoms with Crippen LogP contribution >= 0.6 is 11.6 Å². The van der Waals surface area contributed by atoms with Crippen LogP contribution in [0, 0.1) is 0 Å². The summed E-state index contributed by atoms with van der Waals surface area (Å²) in [5.74, 6) is 1.24. The Hall–Kier alpha value is -3.00. The number of halogens is 1. The summed E-state index contributed by atoms with van der Waals surface area (Å²) in [4.78, 5) is 23.5. The van der Waals surface area contributed by atoms with Gasteiger partial charge in [0, 0.05) is 35.9 Å². The number of fused-ring (bicyclic) bond motifs is 1. The molecule has 0 fully saturated rings. The minimum absolute atomic E-state index is 0.0195. The Morgan fingerprint density at radius 1 is 1.27 bits per heavy atom. The van der Waals surface area contributed by atoms with E-state index in [0.29, 0.717) is 35.8 Å². The van der Waals surface area contributed by atoms with E-state index in [0.717, 1.165) is 17.5 Å². The summed E-state index contributed by atoms with van der Waals surface area (Å²) in [5.41, 5.74) is 1.74. The van der Waals surface area contributed by atoms with Crippen LogP contribution in [-0.2, 0) is 4.79 Å². The van der Waals surface area contributed by atoms with Crippen molar-refractivity contribution >= 4 is 23.5 Å². The lowest BCUT2D eigenvalue weighted by Crippen LogP contribution is -2.21. The Morgan fingerprint density at radius 2 is 2.12 bits per heavy atom. The van der Waals surface area contributed by atoms with Crippen LogP contribution in [0.15, 0.2) is 36.7 Å². The number of anilines is 1. The van der Waals surface area contributed by atoms with Crippen molar-refractivity contribution in [1.82, 2.24) is 25.1 Å². The highest BCUT2D eigenvalue weighted by Crippen LogP contribution is 2.35. The third-order valence-electron chi connectivity index (χ3n) is 4.13. The molecule has 1 aliphatic rings. The molecule has 4 rings (SSSR count). The van der Waals surface area contributed by atoms with Crippen LogP contribution in [0.25, 0.3) is 11.4 Å². The van der Waals surface area contributed by atoms with Crippen molar-refractivity contribution in [3.05, 3.63) is 47.4 Å². The molecule has 0 bridgehead atoms. The molecule has 132 valence electrons. The zero-order chi connectivity index (χ0) is 17.9. The number of ether oxygens (including phenoxy) is 1. The number of hydrogen-bond donors (Lipinski definition) is 2. The average molecular weight is 371 g/mol. The fraction of sp³-hybridized carbons (Fsp3) is 0.235. The number of hydrogen-bond acceptors (Lipinski definition) is 6. The topological polar surface area (TPSA) is 106 Å². The summed E-state index contributed by atoms with van der Waals surface area (Å²) >= 11 is 5.90. The van der Waals surface area contributed by atoms with Crippen molar-refractivity contribution in [2.75, 3.05) is 11.9 Å². The molecule has 0 radical (unpaired) electrons. The second-order valence-corrected chi connectivity index (χ2v) is 6.26. The van der Waals surface area contributed by atoms with Gasteiger partial charge in [0.1, 0.15) is 5.15 Å². The molecule has 0 saturated carbocycles. The normalized spacial score (nSPS) is 15.8. The second-order valence-electron chi connectivity index (χ2n) is 5.87. The lowest BCUT2D eigenvalue weighted by Gasteiger charge is -2.24. The summed E-state index contributed by atoms with van der Waals surface area (Å²) in [5, 5.41) is 11.1. The molecular weight excluding hydrogens is 356 g/mol. The Labute approximate surface area is 154 Å². The molecule has 1 amide bonds. The quantitative estimate of drug-likeness (QED) is 0.684. The van der Waals surface area contributed by atoms with Crippen LogP contribution in [0.4, 0.5) is 5.95 Å². The number of aromatic amines is 1. The van der Waals surface area contributed by atoms with E-state index < -0.39 is 0 Å². The number of aromatic nitrogens is 5. The van der Waals surface area contributed by atoms with E-state index in [4.69, 9.17) is 16.3 Å². The lowest BCUT2D eigenvalue weighted by atomic mass is 9.92. The zero-order valence-corrected chi connectivity index (χ0v) is 14.4. The molecule has 4 heterocycles. The molecule has 3 aromatic heterocycles. The largest absolute Gasteiger partial charge is 0.477 e. The predicted octanol–water partition coefficient (Wildman–Crippen LogP) is 2.81. The van der Waals surface area contributed by atoms with Crippen LogP contribution in [0.1, 0.15) is 24.3 Å². The van der Waals surface area contributed by atoms with Crippen LogP contribution in [0.5, 0.6) is 5.88 Å². The SMILES string of the molecule is O=C(C[C@H]1CCOc2nc(Cl)ccc21)Nc1nnc(-c2ccncc2)[nH]1. The number of pyridine rings is 2. The van der Waals surface area contributed by atoms with E-state index in [2.05, 4.69) is 30.5 Å². The van der Waals surface area contributed by atoms with Gasteiger partial charge in [-0.2, -0.15) is 0 Å². The van der Waals surface area contributed by atoms with Gasteiger partial charge in [0.2, 0.25) is 17.7 Å². The van der Waals surface area contributed by atoms with E-state index in [1.807, 2.05) is 18.2 Å². The van der Waals surface area contributed by atoms with Crippen LogP contribution in [-0.4, -0.2) is 37.7 Å². The first-order valence-corrected chi connectivity index (χ1v) is 8.49. The number of rotatable bonds is 4. The molecule has 3 aromatic rings. The third kappa shape index (κ3) is 3.50. The maximum absolute atomic E-state index is 12.4. The highest BCUT2D eigenvalue weighted by molar-refractivity contribution is 6.29. The Bertz CT molecular complexity index is 930. The number of amides is 1. The van der Waals surface area contributed by atoms with E-state index in [-0.39, 0.29) is 11.8 Å². The van der Waals surface area contributed by atoms with Crippen molar-refractivity contribution in [3.8, 4) is 17.3 Å². The summed E-state index contributed by atoms with van der Waals surface area (Å²) in [7, 11) is 0. The number of H-pyrrole nitrogens is 1. The van der Waals surface area contributed by atoms with Crippen molar-refractivity contribution in [3.63, 3.8) is 0 Å². The molecule has 26 heavy (non-hydrogen) atoms. The molecule has 1 atom stereocenters. The number of nitrogens with zero attached hydrogens (tertiary/aromatic N) is 4. The van der Waals surface area contributed by atoms with Gasteiger partial charge in [-0.15, -0.1) is 10.2 Å². The third-order valence-corrected chi connectivity index (χ3v) is 4.34. The predicted molar refractivity (Wildman–Crippen MR) is 95.0 cm³/mol. The van der Waals surface area contributed by atoms with Crippen molar-refractivity contribution < 1.29 is 9.53 Å². The molecule has 8 nitrogen and oxygen atoms in total. The van der Waals surface area contributed by atoms with Gasteiger partial charge >= 0.3 is 0 Å². The summed E-state index contributed by atoms with van der Waals surface area (Å²) < 4.78 is 5.53. The molecule has 0 aromatic carbocycles. The number of carbonyl (C=O) groups is 1. The first-order valence-electron chi connectivity index (χ1n) is 8.11. The standard InChI is InChI=1S/C17H15ClN6O2/c18-13-2-1-12-11(5-8-26-16(12)20-13)9-14(25)21-17-22-15(23-24-17)10-3-6-19-7-4-10/h1-4,6-7,11H,5,8-9H2,(H2,21,22,23,24,25)/t11-/m1/s1. The van der Waals surface area contributed by atoms with Gasteiger partial charge in [0.05, 0.1) is 6.61 Å². The van der Waals surface area contributed by atoms with Gasteiger partial charge in [-0.05, 0) is 24.6 Å². The van der Waals surface area contributed by atoms with E-state index in [9.17, 15) is 4.79 Å². The summed E-state index contributed by atoms with van der Waals surface area (Å²) in [6.07, 6.45) is 4.37. The molecular formula is C17H15ClN6O2. The number of nitrogens with one attached hydrogen (secondary N) is 2. The van der Waals surface area contributed by atoms with Crippen LogP contribution < -0.4 is 10.1 Å². The Kier molecular flexibility index (Phi) is 4.49. The van der Waals surface area contributed by atoms with Gasteiger partial charge in [-0.3, -0.25) is 15.1 Å². The number of carbonyl (C=O) groups excluding carboxylic acids is 1. The molecule has 0 saturated heterocycles. The van der Waals surface area contributed by atoms with Crippen molar-refractivity contribution in [2.45, 2.75) is 18.8 Å². The average Bonchev–Trinajstić information content (AvgIpc) is 3.11. The van der Waals surface area contributed by atoms with E-state index >= 15 is 0 Å². The lowest BCUT2D eigenvalue weighted by molar-refractivity contribution is -0.116. The molecule has 1 aliphatic heterocycles. The minimum atomic E-state index is -0.157. The zero-order valence-electron chi connectivity index (χ0n) is 13.6. The fourth-order valence-corrected chi connectivity index (χ4v) is 3.03. The van der Waals surface area contributed by atoms with Crippen molar-refractivity contribution in [1.29, 1.82) is 0 Å². The van der Waals surface area contributed by atoms with Crippen LogP contribution in [0.3, 0.4) is 0 Å². The maximum Gasteiger partial charge on any atom is 0.228 e. The summed E-state index contributed by atoms with van der Waals surface area (Å²) in [6, 6.07) is 7.18. The second kappa shape index (κ2) is 7.09. The van der Waals surface area contributed by atoms with Gasteiger partial charge in [-0.25, -0.2) is 4.98 Å². The fourth-order valence-electron chi connectivity index (χ4n) is 2.89. The molecule has 0 unspecified atom stereocenters. The van der Waals surface area contributed by atoms with Gasteiger partial charge in [-0.1, -0.05) is 17.7 Å². The minimum Gasteiger partial charge on any atom is -0.477 e. The smallest absolute Gasteiger partial charge is 0.228 e. The Balaban J connectivity index is 1.43. The molecule has 0 spiro atoms. The van der Waals surface area contributed by atoms with Gasteiger partial charge in [0.25, 0.3) is 0 Å². The van der Waals surface area contributed by atoms with Gasteiger partial charge in [0.15, 0.2) is 5.82 Å². The van der Waals surface area contributed by atoms with Crippen molar-refractivity contribution in [2.24, 2.45) is 0 Å². The first-order chi connectivity index (χ1) is 12.7. The van der Waals surface area contributed by atoms with E-state index in [1.165, 1.54) is 0 Å². The van der Waals surface area contributed by atoms with E-state index in [1.54, 1.807) is 18.5 Å². The molecule has 2 N–H and O–H groups in total. The maximum atomic E-state index is 12.4. The van der Waals surface area contributed by atoms with Crippen LogP contribution in [0.2, 0.25) is 5.15 Å². The monoisotopic (exact) mass is 370 g/mol. The molecule has 9 heteroatoms. The Morgan fingerprint density at radius 3 is 2.96 bits per heavy atom. The highest BCUT2D eigenvalue weighted by atomic mass is 35.5. The van der Waals surface area contributed by atoms with Gasteiger partial charge < -0.3 is 9.72 Å². The molecule has 0 aliphatic carbocycles.